The Morgan fingerprint density at radius 2 is 1.63 bits per heavy atom. The fraction of sp³-hybridized carbons (Fsp3) is 0.0625. The van der Waals surface area contributed by atoms with E-state index in [2.05, 4.69) is 4.98 Å². The SMILES string of the molecule is Cc1ccc(Cl)c2nc(-c3ccccc3)cc(Cl)c12. The van der Waals surface area contributed by atoms with Crippen molar-refractivity contribution in [2.24, 2.45) is 0 Å². The Balaban J connectivity index is 2.34. The zero-order valence-corrected chi connectivity index (χ0v) is 11.8. The van der Waals surface area contributed by atoms with E-state index in [0.717, 1.165) is 27.7 Å². The van der Waals surface area contributed by atoms with Crippen molar-refractivity contribution in [2.75, 3.05) is 0 Å². The third kappa shape index (κ3) is 2.20. The normalized spacial score (nSPS) is 10.9. The van der Waals surface area contributed by atoms with E-state index in [4.69, 9.17) is 23.2 Å². The summed E-state index contributed by atoms with van der Waals surface area (Å²) >= 11 is 12.6. The molecule has 0 radical (unpaired) electrons. The van der Waals surface area contributed by atoms with Gasteiger partial charge in [0, 0.05) is 10.9 Å². The first-order chi connectivity index (χ1) is 9.16. The summed E-state index contributed by atoms with van der Waals surface area (Å²) in [6.45, 7) is 2.01. The molecule has 0 N–H and O–H groups in total. The van der Waals surface area contributed by atoms with Crippen molar-refractivity contribution in [1.82, 2.24) is 4.98 Å². The molecule has 0 saturated carbocycles. The predicted molar refractivity (Wildman–Crippen MR) is 81.9 cm³/mol. The third-order valence-corrected chi connectivity index (χ3v) is 3.74. The van der Waals surface area contributed by atoms with Gasteiger partial charge >= 0.3 is 0 Å². The molecule has 0 aliphatic carbocycles. The minimum atomic E-state index is 0.625. The van der Waals surface area contributed by atoms with E-state index in [1.807, 2.05) is 55.5 Å². The van der Waals surface area contributed by atoms with E-state index in [-0.39, 0.29) is 0 Å². The highest BCUT2D eigenvalue weighted by Crippen LogP contribution is 2.33. The molecule has 94 valence electrons. The van der Waals surface area contributed by atoms with Crippen LogP contribution in [0.2, 0.25) is 10.0 Å². The van der Waals surface area contributed by atoms with Crippen LogP contribution in [0.15, 0.2) is 48.5 Å². The second-order valence-electron chi connectivity index (χ2n) is 4.44. The van der Waals surface area contributed by atoms with Crippen molar-refractivity contribution in [3.05, 3.63) is 64.1 Å². The number of benzene rings is 2. The predicted octanol–water partition coefficient (Wildman–Crippen LogP) is 5.52. The summed E-state index contributed by atoms with van der Waals surface area (Å²) in [4.78, 5) is 4.65. The fourth-order valence-corrected chi connectivity index (χ4v) is 2.72. The van der Waals surface area contributed by atoms with Crippen LogP contribution in [0, 0.1) is 6.92 Å². The van der Waals surface area contributed by atoms with Crippen molar-refractivity contribution < 1.29 is 0 Å². The Morgan fingerprint density at radius 3 is 2.37 bits per heavy atom. The van der Waals surface area contributed by atoms with Crippen LogP contribution < -0.4 is 0 Å². The van der Waals surface area contributed by atoms with E-state index in [1.54, 1.807) is 0 Å². The maximum atomic E-state index is 6.39. The standard InChI is InChI=1S/C16H11Cl2N/c1-10-7-8-12(17)16-15(10)13(18)9-14(19-16)11-5-3-2-4-6-11/h2-9H,1H3. The van der Waals surface area contributed by atoms with Gasteiger partial charge in [-0.25, -0.2) is 4.98 Å². The van der Waals surface area contributed by atoms with Gasteiger partial charge in [0.05, 0.1) is 21.3 Å². The van der Waals surface area contributed by atoms with Gasteiger partial charge in [0.2, 0.25) is 0 Å². The molecular weight excluding hydrogens is 277 g/mol. The maximum absolute atomic E-state index is 6.39. The molecule has 0 fully saturated rings. The number of hydrogen-bond donors (Lipinski definition) is 0. The molecule has 0 aliphatic rings. The van der Waals surface area contributed by atoms with E-state index in [1.165, 1.54) is 0 Å². The van der Waals surface area contributed by atoms with Crippen molar-refractivity contribution in [1.29, 1.82) is 0 Å². The molecule has 3 aromatic rings. The summed E-state index contributed by atoms with van der Waals surface area (Å²) in [7, 11) is 0. The minimum absolute atomic E-state index is 0.625. The van der Waals surface area contributed by atoms with Crippen LogP contribution >= 0.6 is 23.2 Å². The summed E-state index contributed by atoms with van der Waals surface area (Å²) in [6.07, 6.45) is 0. The molecule has 3 rings (SSSR count). The lowest BCUT2D eigenvalue weighted by molar-refractivity contribution is 1.38. The number of aromatic nitrogens is 1. The largest absolute Gasteiger partial charge is 0.246 e. The molecule has 19 heavy (non-hydrogen) atoms. The molecule has 0 aliphatic heterocycles. The number of nitrogens with zero attached hydrogens (tertiary/aromatic N) is 1. The molecule has 0 amide bonds. The van der Waals surface area contributed by atoms with Crippen LogP contribution in [-0.2, 0) is 0 Å². The second kappa shape index (κ2) is 4.84. The van der Waals surface area contributed by atoms with Gasteiger partial charge in [-0.3, -0.25) is 0 Å². The van der Waals surface area contributed by atoms with Crippen molar-refractivity contribution in [3.8, 4) is 11.3 Å². The van der Waals surface area contributed by atoms with E-state index in [9.17, 15) is 0 Å². The van der Waals surface area contributed by atoms with Gasteiger partial charge in [-0.2, -0.15) is 0 Å². The van der Waals surface area contributed by atoms with E-state index < -0.39 is 0 Å². The van der Waals surface area contributed by atoms with Gasteiger partial charge in [-0.1, -0.05) is 59.6 Å². The van der Waals surface area contributed by atoms with Crippen molar-refractivity contribution in [2.45, 2.75) is 6.92 Å². The lowest BCUT2D eigenvalue weighted by Gasteiger charge is -2.09. The lowest BCUT2D eigenvalue weighted by Crippen LogP contribution is -1.89. The fourth-order valence-electron chi connectivity index (χ4n) is 2.18. The molecule has 0 unspecified atom stereocenters. The molecule has 1 heterocycles. The Kier molecular flexibility index (Phi) is 3.17. The summed E-state index contributed by atoms with van der Waals surface area (Å²) in [5, 5.41) is 2.23. The van der Waals surface area contributed by atoms with Gasteiger partial charge < -0.3 is 0 Å². The average Bonchev–Trinajstić information content (AvgIpc) is 2.43. The van der Waals surface area contributed by atoms with Crippen LogP contribution in [0.4, 0.5) is 0 Å². The zero-order valence-electron chi connectivity index (χ0n) is 10.3. The first kappa shape index (κ1) is 12.5. The van der Waals surface area contributed by atoms with Gasteiger partial charge in [0.15, 0.2) is 0 Å². The number of pyridine rings is 1. The number of rotatable bonds is 1. The van der Waals surface area contributed by atoms with Crippen LogP contribution in [-0.4, -0.2) is 4.98 Å². The molecule has 1 nitrogen and oxygen atoms in total. The topological polar surface area (TPSA) is 12.9 Å². The molecule has 1 aromatic heterocycles. The Hall–Kier alpha value is -1.57. The smallest absolute Gasteiger partial charge is 0.0913 e. The molecular formula is C16H11Cl2N. The molecule has 0 saturated heterocycles. The summed E-state index contributed by atoms with van der Waals surface area (Å²) < 4.78 is 0. The molecule has 0 spiro atoms. The molecule has 3 heteroatoms. The van der Waals surface area contributed by atoms with Gasteiger partial charge in [-0.05, 0) is 24.6 Å². The first-order valence-electron chi connectivity index (χ1n) is 5.97. The average molecular weight is 288 g/mol. The van der Waals surface area contributed by atoms with Crippen molar-refractivity contribution >= 4 is 34.1 Å². The van der Waals surface area contributed by atoms with Gasteiger partial charge in [0.1, 0.15) is 0 Å². The monoisotopic (exact) mass is 287 g/mol. The molecule has 0 atom stereocenters. The molecule has 0 bridgehead atoms. The van der Waals surface area contributed by atoms with E-state index >= 15 is 0 Å². The van der Waals surface area contributed by atoms with Crippen LogP contribution in [0.1, 0.15) is 5.56 Å². The summed E-state index contributed by atoms with van der Waals surface area (Å²) in [5.74, 6) is 0. The van der Waals surface area contributed by atoms with Crippen LogP contribution in [0.3, 0.4) is 0 Å². The lowest BCUT2D eigenvalue weighted by atomic mass is 10.1. The summed E-state index contributed by atoms with van der Waals surface area (Å²) in [5.41, 5.74) is 3.71. The van der Waals surface area contributed by atoms with Crippen molar-refractivity contribution in [3.63, 3.8) is 0 Å². The highest BCUT2D eigenvalue weighted by Gasteiger charge is 2.10. The quantitative estimate of drug-likeness (QED) is 0.574. The highest BCUT2D eigenvalue weighted by atomic mass is 35.5. The van der Waals surface area contributed by atoms with E-state index in [0.29, 0.717) is 10.0 Å². The number of fused-ring (bicyclic) bond motifs is 1. The summed E-state index contributed by atoms with van der Waals surface area (Å²) in [6, 6.07) is 15.7. The molecule has 2 aromatic carbocycles. The number of aryl methyl sites for hydroxylation is 1. The Labute approximate surface area is 121 Å². The third-order valence-electron chi connectivity index (χ3n) is 3.14. The second-order valence-corrected chi connectivity index (χ2v) is 5.26. The zero-order chi connectivity index (χ0) is 13.4. The Bertz CT molecular complexity index is 752. The van der Waals surface area contributed by atoms with Gasteiger partial charge in [-0.15, -0.1) is 0 Å². The van der Waals surface area contributed by atoms with Crippen LogP contribution in [0.25, 0.3) is 22.2 Å². The van der Waals surface area contributed by atoms with Gasteiger partial charge in [0.25, 0.3) is 0 Å². The minimum Gasteiger partial charge on any atom is -0.246 e. The number of halogens is 2. The Morgan fingerprint density at radius 1 is 0.895 bits per heavy atom. The highest BCUT2D eigenvalue weighted by molar-refractivity contribution is 6.39. The maximum Gasteiger partial charge on any atom is 0.0913 e. The first-order valence-corrected chi connectivity index (χ1v) is 6.73. The van der Waals surface area contributed by atoms with Crippen LogP contribution in [0.5, 0.6) is 0 Å². The number of hydrogen-bond acceptors (Lipinski definition) is 1.